The fourth-order valence-electron chi connectivity index (χ4n) is 2.94. The van der Waals surface area contributed by atoms with Gasteiger partial charge in [-0.3, -0.25) is 4.98 Å². The van der Waals surface area contributed by atoms with Crippen molar-refractivity contribution in [1.29, 1.82) is 0 Å². The number of nitrogens with zero attached hydrogens (tertiary/aromatic N) is 2. The van der Waals surface area contributed by atoms with Gasteiger partial charge < -0.3 is 4.74 Å². The second-order valence-electron chi connectivity index (χ2n) is 5.61. The van der Waals surface area contributed by atoms with Gasteiger partial charge in [-0.2, -0.15) is 0 Å². The first-order valence-electron chi connectivity index (χ1n) is 7.56. The van der Waals surface area contributed by atoms with Crippen molar-refractivity contribution in [2.45, 2.75) is 6.92 Å². The molecule has 3 heteroatoms. The third-order valence-corrected chi connectivity index (χ3v) is 4.05. The summed E-state index contributed by atoms with van der Waals surface area (Å²) in [4.78, 5) is 9.39. The van der Waals surface area contributed by atoms with Crippen molar-refractivity contribution in [3.63, 3.8) is 0 Å². The van der Waals surface area contributed by atoms with Crippen molar-refractivity contribution in [2.75, 3.05) is 7.11 Å². The summed E-state index contributed by atoms with van der Waals surface area (Å²) in [5.41, 5.74) is 5.10. The molecule has 2 aromatic heterocycles. The van der Waals surface area contributed by atoms with Crippen molar-refractivity contribution in [2.24, 2.45) is 0 Å². The summed E-state index contributed by atoms with van der Waals surface area (Å²) in [6, 6.07) is 18.4. The van der Waals surface area contributed by atoms with Gasteiger partial charge in [-0.15, -0.1) is 0 Å². The van der Waals surface area contributed by atoms with Crippen molar-refractivity contribution >= 4 is 21.8 Å². The molecule has 0 radical (unpaired) electrons. The molecule has 0 N–H and O–H groups in total. The lowest BCUT2D eigenvalue weighted by molar-refractivity contribution is 0.415. The summed E-state index contributed by atoms with van der Waals surface area (Å²) in [5, 5.41) is 2.15. The number of rotatable bonds is 2. The topological polar surface area (TPSA) is 35.0 Å². The predicted octanol–water partition coefficient (Wildman–Crippen LogP) is 4.77. The number of aryl methyl sites for hydroxylation is 1. The van der Waals surface area contributed by atoms with Crippen molar-refractivity contribution in [3.8, 4) is 17.0 Å². The number of pyridine rings is 2. The van der Waals surface area contributed by atoms with E-state index in [-0.39, 0.29) is 0 Å². The highest BCUT2D eigenvalue weighted by atomic mass is 16.5. The Balaban J connectivity index is 2.15. The lowest BCUT2D eigenvalue weighted by atomic mass is 10.0. The molecule has 0 unspecified atom stereocenters. The zero-order valence-electron chi connectivity index (χ0n) is 13.1. The van der Waals surface area contributed by atoms with Gasteiger partial charge in [-0.05, 0) is 43.3 Å². The van der Waals surface area contributed by atoms with Gasteiger partial charge in [0.25, 0.3) is 0 Å². The Bertz CT molecular complexity index is 1020. The molecule has 0 spiro atoms. The van der Waals surface area contributed by atoms with Crippen molar-refractivity contribution < 1.29 is 4.74 Å². The molecule has 2 heterocycles. The fraction of sp³-hybridized carbons (Fsp3) is 0.100. The van der Waals surface area contributed by atoms with Gasteiger partial charge in [-0.25, -0.2) is 4.98 Å². The van der Waals surface area contributed by atoms with Crippen LogP contribution in [0.1, 0.15) is 5.56 Å². The maximum Gasteiger partial charge on any atom is 0.119 e. The summed E-state index contributed by atoms with van der Waals surface area (Å²) >= 11 is 0. The Morgan fingerprint density at radius 3 is 2.65 bits per heavy atom. The molecule has 0 bridgehead atoms. The standard InChI is InChI=1S/C20H16N2O/c1-13-5-3-6-14(11-13)19-17-12-15(23-2)8-9-16(17)20-18(22-19)7-4-10-21-20/h3-12H,1-2H3. The highest BCUT2D eigenvalue weighted by molar-refractivity contribution is 6.09. The second kappa shape index (κ2) is 5.36. The highest BCUT2D eigenvalue weighted by Crippen LogP contribution is 2.33. The summed E-state index contributed by atoms with van der Waals surface area (Å²) < 4.78 is 5.40. The average Bonchev–Trinajstić information content (AvgIpc) is 2.60. The van der Waals surface area contributed by atoms with Gasteiger partial charge in [0.1, 0.15) is 5.75 Å². The van der Waals surface area contributed by atoms with E-state index in [1.807, 2.05) is 24.3 Å². The monoisotopic (exact) mass is 300 g/mol. The number of methoxy groups -OCH3 is 1. The summed E-state index contributed by atoms with van der Waals surface area (Å²) in [6.45, 7) is 2.09. The third kappa shape index (κ3) is 2.30. The van der Waals surface area contributed by atoms with Gasteiger partial charge >= 0.3 is 0 Å². The quantitative estimate of drug-likeness (QED) is 0.500. The van der Waals surface area contributed by atoms with Crippen LogP contribution in [0.2, 0.25) is 0 Å². The molecular weight excluding hydrogens is 284 g/mol. The molecule has 0 atom stereocenters. The zero-order chi connectivity index (χ0) is 15.8. The Kier molecular flexibility index (Phi) is 3.19. The van der Waals surface area contributed by atoms with Crippen LogP contribution >= 0.6 is 0 Å². The highest BCUT2D eigenvalue weighted by Gasteiger charge is 2.12. The molecule has 23 heavy (non-hydrogen) atoms. The number of benzene rings is 2. The molecule has 0 amide bonds. The maximum absolute atomic E-state index is 5.40. The SMILES string of the molecule is COc1ccc2c(c1)c(-c1cccc(C)c1)nc1cccnc12. The Morgan fingerprint density at radius 1 is 0.913 bits per heavy atom. The van der Waals surface area contributed by atoms with Gasteiger partial charge in [0.2, 0.25) is 0 Å². The molecule has 0 aliphatic carbocycles. The van der Waals surface area contributed by atoms with E-state index in [9.17, 15) is 0 Å². The number of aromatic nitrogens is 2. The average molecular weight is 300 g/mol. The maximum atomic E-state index is 5.40. The smallest absolute Gasteiger partial charge is 0.119 e. The van der Waals surface area contributed by atoms with E-state index < -0.39 is 0 Å². The Hall–Kier alpha value is -2.94. The molecule has 0 saturated carbocycles. The van der Waals surface area contributed by atoms with E-state index in [2.05, 4.69) is 42.2 Å². The first kappa shape index (κ1) is 13.7. The van der Waals surface area contributed by atoms with Crippen LogP contribution in [0, 0.1) is 6.92 Å². The van der Waals surface area contributed by atoms with E-state index in [0.717, 1.165) is 38.8 Å². The van der Waals surface area contributed by atoms with Gasteiger partial charge in [0, 0.05) is 22.5 Å². The first-order chi connectivity index (χ1) is 11.3. The van der Waals surface area contributed by atoms with Crippen LogP contribution < -0.4 is 4.74 Å². The van der Waals surface area contributed by atoms with Crippen molar-refractivity contribution in [3.05, 3.63) is 66.4 Å². The zero-order valence-corrected chi connectivity index (χ0v) is 13.1. The predicted molar refractivity (Wildman–Crippen MR) is 93.8 cm³/mol. The molecular formula is C20H16N2O. The molecule has 0 fully saturated rings. The van der Waals surface area contributed by atoms with Gasteiger partial charge in [0.15, 0.2) is 0 Å². The third-order valence-electron chi connectivity index (χ3n) is 4.05. The summed E-state index contributed by atoms with van der Waals surface area (Å²) in [6.07, 6.45) is 1.81. The number of ether oxygens (including phenoxy) is 1. The van der Waals surface area contributed by atoms with Crippen LogP contribution in [0.3, 0.4) is 0 Å². The molecule has 2 aromatic carbocycles. The normalized spacial score (nSPS) is 11.0. The fourth-order valence-corrected chi connectivity index (χ4v) is 2.94. The molecule has 112 valence electrons. The Labute approximate surface area is 134 Å². The number of hydrogen-bond donors (Lipinski definition) is 0. The van der Waals surface area contributed by atoms with E-state index in [0.29, 0.717) is 0 Å². The first-order valence-corrected chi connectivity index (χ1v) is 7.56. The van der Waals surface area contributed by atoms with Crippen LogP contribution in [0.25, 0.3) is 33.1 Å². The lowest BCUT2D eigenvalue weighted by Gasteiger charge is -2.11. The largest absolute Gasteiger partial charge is 0.497 e. The number of fused-ring (bicyclic) bond motifs is 3. The molecule has 0 aliphatic heterocycles. The lowest BCUT2D eigenvalue weighted by Crippen LogP contribution is -1.92. The second-order valence-corrected chi connectivity index (χ2v) is 5.61. The van der Waals surface area contributed by atoms with E-state index in [1.165, 1.54) is 5.56 Å². The van der Waals surface area contributed by atoms with Crippen LogP contribution in [0.5, 0.6) is 5.75 Å². The van der Waals surface area contributed by atoms with E-state index in [1.54, 1.807) is 13.3 Å². The summed E-state index contributed by atoms with van der Waals surface area (Å²) in [7, 11) is 1.68. The van der Waals surface area contributed by atoms with Crippen LogP contribution in [-0.2, 0) is 0 Å². The number of hydrogen-bond acceptors (Lipinski definition) is 3. The minimum atomic E-state index is 0.823. The summed E-state index contributed by atoms with van der Waals surface area (Å²) in [5.74, 6) is 0.823. The van der Waals surface area contributed by atoms with Crippen LogP contribution in [0.4, 0.5) is 0 Å². The van der Waals surface area contributed by atoms with Crippen molar-refractivity contribution in [1.82, 2.24) is 9.97 Å². The van der Waals surface area contributed by atoms with Crippen LogP contribution in [0.15, 0.2) is 60.8 Å². The van der Waals surface area contributed by atoms with Gasteiger partial charge in [0.05, 0.1) is 23.8 Å². The van der Waals surface area contributed by atoms with E-state index in [4.69, 9.17) is 9.72 Å². The molecule has 0 aliphatic rings. The van der Waals surface area contributed by atoms with E-state index >= 15 is 0 Å². The minimum Gasteiger partial charge on any atom is -0.497 e. The molecule has 4 rings (SSSR count). The molecule has 0 saturated heterocycles. The molecule has 3 nitrogen and oxygen atoms in total. The van der Waals surface area contributed by atoms with Gasteiger partial charge in [-0.1, -0.05) is 23.8 Å². The minimum absolute atomic E-state index is 0.823. The molecule has 4 aromatic rings. The van der Waals surface area contributed by atoms with Crippen LogP contribution in [-0.4, -0.2) is 17.1 Å². The Morgan fingerprint density at radius 2 is 1.83 bits per heavy atom.